The van der Waals surface area contributed by atoms with Gasteiger partial charge in [-0.2, -0.15) is 13.2 Å². The third-order valence-corrected chi connectivity index (χ3v) is 2.97. The molecule has 17 heavy (non-hydrogen) atoms. The maximum atomic E-state index is 12.4. The summed E-state index contributed by atoms with van der Waals surface area (Å²) in [5.74, 6) is -2.63. The highest BCUT2D eigenvalue weighted by Crippen LogP contribution is 2.55. The number of hydrogen-bond donors (Lipinski definition) is 1. The van der Waals surface area contributed by atoms with Crippen LogP contribution in [0.1, 0.15) is 23.5 Å². The van der Waals surface area contributed by atoms with Crippen molar-refractivity contribution in [3.05, 3.63) is 35.4 Å². The third-order valence-electron chi connectivity index (χ3n) is 2.97. The molecular weight excluding hydrogens is 233 g/mol. The first-order valence-corrected chi connectivity index (χ1v) is 5.25. The topological polar surface area (TPSA) is 37.3 Å². The number of halogens is 3. The van der Waals surface area contributed by atoms with Crippen molar-refractivity contribution in [3.63, 3.8) is 0 Å². The largest absolute Gasteiger partial charge is 0.481 e. The average Bonchev–Trinajstić information content (AvgIpc) is 2.96. The van der Waals surface area contributed by atoms with Gasteiger partial charge in [0, 0.05) is 0 Å². The van der Waals surface area contributed by atoms with Gasteiger partial charge in [-0.15, -0.1) is 0 Å². The first kappa shape index (κ1) is 12.0. The van der Waals surface area contributed by atoms with Gasteiger partial charge in [0.2, 0.25) is 0 Å². The SMILES string of the molecule is O=C(O)Cc1ccc([C@@H]2C[C@H]2C(F)(F)F)cc1. The van der Waals surface area contributed by atoms with Crippen molar-refractivity contribution >= 4 is 5.97 Å². The summed E-state index contributed by atoms with van der Waals surface area (Å²) in [5.41, 5.74) is 1.24. The number of hydrogen-bond acceptors (Lipinski definition) is 1. The molecule has 0 spiro atoms. The molecule has 2 atom stereocenters. The van der Waals surface area contributed by atoms with E-state index in [2.05, 4.69) is 0 Å². The minimum atomic E-state index is -4.12. The van der Waals surface area contributed by atoms with Crippen LogP contribution in [0.2, 0.25) is 0 Å². The molecule has 5 heteroatoms. The van der Waals surface area contributed by atoms with Gasteiger partial charge in [0.25, 0.3) is 0 Å². The summed E-state index contributed by atoms with van der Waals surface area (Å²) in [6.07, 6.45) is -4.08. The van der Waals surface area contributed by atoms with E-state index in [1.165, 1.54) is 0 Å². The molecule has 0 amide bonds. The highest BCUT2D eigenvalue weighted by atomic mass is 19.4. The van der Waals surface area contributed by atoms with Crippen molar-refractivity contribution in [2.75, 3.05) is 0 Å². The highest BCUT2D eigenvalue weighted by molar-refractivity contribution is 5.70. The zero-order chi connectivity index (χ0) is 12.6. The van der Waals surface area contributed by atoms with Crippen molar-refractivity contribution in [1.82, 2.24) is 0 Å². The van der Waals surface area contributed by atoms with Gasteiger partial charge in [0.15, 0.2) is 0 Å². The fourth-order valence-corrected chi connectivity index (χ4v) is 1.98. The fraction of sp³-hybridized carbons (Fsp3) is 0.417. The molecule has 1 saturated carbocycles. The number of benzene rings is 1. The molecule has 1 aromatic rings. The van der Waals surface area contributed by atoms with Crippen LogP contribution in [0.5, 0.6) is 0 Å². The minimum absolute atomic E-state index is 0.104. The van der Waals surface area contributed by atoms with Gasteiger partial charge in [0.05, 0.1) is 12.3 Å². The maximum Gasteiger partial charge on any atom is 0.392 e. The van der Waals surface area contributed by atoms with Crippen LogP contribution in [0.3, 0.4) is 0 Å². The Hall–Kier alpha value is -1.52. The molecule has 0 aromatic heterocycles. The lowest BCUT2D eigenvalue weighted by Crippen LogP contribution is -2.11. The Kier molecular flexibility index (Phi) is 2.85. The van der Waals surface area contributed by atoms with Crippen molar-refractivity contribution in [1.29, 1.82) is 0 Å². The Morgan fingerprint density at radius 1 is 1.29 bits per heavy atom. The van der Waals surface area contributed by atoms with E-state index in [1.807, 2.05) is 0 Å². The van der Waals surface area contributed by atoms with Crippen LogP contribution < -0.4 is 0 Å². The van der Waals surface area contributed by atoms with E-state index in [0.29, 0.717) is 11.1 Å². The van der Waals surface area contributed by atoms with E-state index in [1.54, 1.807) is 24.3 Å². The van der Waals surface area contributed by atoms with Crippen LogP contribution in [0, 0.1) is 5.92 Å². The summed E-state index contributed by atoms with van der Waals surface area (Å²) in [6.45, 7) is 0. The summed E-state index contributed by atoms with van der Waals surface area (Å²) in [5, 5.41) is 8.56. The molecule has 0 saturated heterocycles. The van der Waals surface area contributed by atoms with Crippen LogP contribution in [0.25, 0.3) is 0 Å². The summed E-state index contributed by atoms with van der Waals surface area (Å²) >= 11 is 0. The first-order chi connectivity index (χ1) is 7.88. The van der Waals surface area contributed by atoms with Gasteiger partial charge < -0.3 is 5.11 Å². The molecule has 2 nitrogen and oxygen atoms in total. The van der Waals surface area contributed by atoms with Crippen LogP contribution in [0.4, 0.5) is 13.2 Å². The molecule has 1 aliphatic rings. The summed E-state index contributed by atoms with van der Waals surface area (Å²) < 4.78 is 37.1. The summed E-state index contributed by atoms with van der Waals surface area (Å²) in [7, 11) is 0. The molecule has 2 rings (SSSR count). The second-order valence-corrected chi connectivity index (χ2v) is 4.30. The van der Waals surface area contributed by atoms with Crippen molar-refractivity contribution in [2.24, 2.45) is 5.92 Å². The van der Waals surface area contributed by atoms with Crippen LogP contribution >= 0.6 is 0 Å². The van der Waals surface area contributed by atoms with E-state index >= 15 is 0 Å². The van der Waals surface area contributed by atoms with Gasteiger partial charge >= 0.3 is 12.1 Å². The molecule has 1 aromatic carbocycles. The number of alkyl halides is 3. The predicted molar refractivity (Wildman–Crippen MR) is 54.7 cm³/mol. The van der Waals surface area contributed by atoms with E-state index in [9.17, 15) is 18.0 Å². The van der Waals surface area contributed by atoms with Gasteiger partial charge in [-0.1, -0.05) is 24.3 Å². The van der Waals surface area contributed by atoms with E-state index in [-0.39, 0.29) is 12.8 Å². The Morgan fingerprint density at radius 3 is 2.29 bits per heavy atom. The quantitative estimate of drug-likeness (QED) is 0.887. The smallest absolute Gasteiger partial charge is 0.392 e. The monoisotopic (exact) mass is 244 g/mol. The number of carboxylic acid groups (broad SMARTS) is 1. The third kappa shape index (κ3) is 2.78. The molecule has 0 bridgehead atoms. The van der Waals surface area contributed by atoms with Gasteiger partial charge in [-0.25, -0.2) is 0 Å². The first-order valence-electron chi connectivity index (χ1n) is 5.25. The molecule has 1 aliphatic carbocycles. The van der Waals surface area contributed by atoms with Crippen LogP contribution in [0.15, 0.2) is 24.3 Å². The Morgan fingerprint density at radius 2 is 1.88 bits per heavy atom. The predicted octanol–water partition coefficient (Wildman–Crippen LogP) is 2.98. The summed E-state index contributed by atoms with van der Waals surface area (Å²) in [4.78, 5) is 10.4. The van der Waals surface area contributed by atoms with E-state index < -0.39 is 24.0 Å². The second-order valence-electron chi connectivity index (χ2n) is 4.30. The lowest BCUT2D eigenvalue weighted by Gasteiger charge is -2.05. The second kappa shape index (κ2) is 4.05. The normalized spacial score (nSPS) is 23.5. The number of rotatable bonds is 3. The molecule has 1 fully saturated rings. The van der Waals surface area contributed by atoms with Crippen LogP contribution in [-0.2, 0) is 11.2 Å². The lowest BCUT2D eigenvalue weighted by atomic mass is 10.1. The molecule has 0 heterocycles. The standard InChI is InChI=1S/C12H11F3O2/c13-12(14,15)10-6-9(10)8-3-1-7(2-4-8)5-11(16)17/h1-4,9-10H,5-6H2,(H,16,17)/t9-,10+/m0/s1. The number of carboxylic acids is 1. The van der Waals surface area contributed by atoms with Crippen molar-refractivity contribution in [3.8, 4) is 0 Å². The van der Waals surface area contributed by atoms with Gasteiger partial charge in [-0.05, 0) is 23.5 Å². The zero-order valence-corrected chi connectivity index (χ0v) is 8.87. The number of carbonyl (C=O) groups is 1. The number of aliphatic carboxylic acids is 1. The van der Waals surface area contributed by atoms with E-state index in [0.717, 1.165) is 0 Å². The molecular formula is C12H11F3O2. The fourth-order valence-electron chi connectivity index (χ4n) is 1.98. The lowest BCUT2D eigenvalue weighted by molar-refractivity contribution is -0.148. The van der Waals surface area contributed by atoms with Crippen molar-refractivity contribution < 1.29 is 23.1 Å². The maximum absolute atomic E-state index is 12.4. The van der Waals surface area contributed by atoms with Crippen molar-refractivity contribution in [2.45, 2.75) is 24.9 Å². The molecule has 0 unspecified atom stereocenters. The van der Waals surface area contributed by atoms with Gasteiger partial charge in [0.1, 0.15) is 0 Å². The average molecular weight is 244 g/mol. The molecule has 1 N–H and O–H groups in total. The van der Waals surface area contributed by atoms with E-state index in [4.69, 9.17) is 5.11 Å². The molecule has 0 radical (unpaired) electrons. The van der Waals surface area contributed by atoms with Crippen LogP contribution in [-0.4, -0.2) is 17.3 Å². The Balaban J connectivity index is 2.03. The minimum Gasteiger partial charge on any atom is -0.481 e. The summed E-state index contributed by atoms with van der Waals surface area (Å²) in [6, 6.07) is 6.34. The highest BCUT2D eigenvalue weighted by Gasteiger charge is 2.55. The zero-order valence-electron chi connectivity index (χ0n) is 8.87. The Labute approximate surface area is 96.1 Å². The molecule has 92 valence electrons. The van der Waals surface area contributed by atoms with Gasteiger partial charge in [-0.3, -0.25) is 4.79 Å². The Bertz CT molecular complexity index is 422. The molecule has 0 aliphatic heterocycles.